The summed E-state index contributed by atoms with van der Waals surface area (Å²) in [6, 6.07) is 24.8. The maximum absolute atomic E-state index is 13.1. The highest BCUT2D eigenvalue weighted by molar-refractivity contribution is 8.18. The van der Waals surface area contributed by atoms with Gasteiger partial charge in [-0.25, -0.2) is 0 Å². The Morgan fingerprint density at radius 3 is 2.39 bits per heavy atom. The number of imide groups is 1. The number of amides is 2. The molecule has 0 saturated carbocycles. The van der Waals surface area contributed by atoms with Crippen LogP contribution in [0.5, 0.6) is 11.5 Å². The second-order valence-electron chi connectivity index (χ2n) is 8.53. The predicted octanol–water partition coefficient (Wildman–Crippen LogP) is 8.36. The summed E-state index contributed by atoms with van der Waals surface area (Å²) in [5.41, 5.74) is 2.32. The Morgan fingerprint density at radius 1 is 0.868 bits per heavy atom. The SMILES string of the molecule is CCOc1cc(C=C2SC(=O)N(Cc3c(Cl)cccc3Cl)C2=O)ccc1OCc1cccc2ccccc12. The molecular formula is C30H23Cl2NO4S. The van der Waals surface area contributed by atoms with Crippen molar-refractivity contribution in [1.29, 1.82) is 0 Å². The molecule has 0 N–H and O–H groups in total. The second-order valence-corrected chi connectivity index (χ2v) is 10.3. The Morgan fingerprint density at radius 2 is 1.61 bits per heavy atom. The van der Waals surface area contributed by atoms with Gasteiger partial charge in [0, 0.05) is 15.6 Å². The number of hydrogen-bond acceptors (Lipinski definition) is 5. The molecule has 0 atom stereocenters. The Labute approximate surface area is 234 Å². The van der Waals surface area contributed by atoms with Crippen LogP contribution in [0.1, 0.15) is 23.6 Å². The van der Waals surface area contributed by atoms with Crippen molar-refractivity contribution >= 4 is 63.0 Å². The minimum atomic E-state index is -0.398. The summed E-state index contributed by atoms with van der Waals surface area (Å²) in [7, 11) is 0. The molecule has 0 unspecified atom stereocenters. The highest BCUT2D eigenvalue weighted by Crippen LogP contribution is 2.37. The summed E-state index contributed by atoms with van der Waals surface area (Å²) in [6.07, 6.45) is 1.68. The molecule has 38 heavy (non-hydrogen) atoms. The third-order valence-corrected chi connectivity index (χ3v) is 7.70. The topological polar surface area (TPSA) is 55.8 Å². The number of carbonyl (C=O) groups is 2. The van der Waals surface area contributed by atoms with E-state index >= 15 is 0 Å². The van der Waals surface area contributed by atoms with Crippen molar-refractivity contribution < 1.29 is 19.1 Å². The van der Waals surface area contributed by atoms with Gasteiger partial charge in [-0.2, -0.15) is 0 Å². The van der Waals surface area contributed by atoms with Gasteiger partial charge in [0.15, 0.2) is 11.5 Å². The average Bonchev–Trinajstić information content (AvgIpc) is 3.17. The quantitative estimate of drug-likeness (QED) is 0.201. The first-order valence-electron chi connectivity index (χ1n) is 12.0. The second kappa shape index (κ2) is 11.5. The van der Waals surface area contributed by atoms with E-state index in [0.29, 0.717) is 50.8 Å². The summed E-state index contributed by atoms with van der Waals surface area (Å²) < 4.78 is 12.0. The zero-order valence-electron chi connectivity index (χ0n) is 20.4. The number of carbonyl (C=O) groups excluding carboxylic acids is 2. The molecule has 0 aliphatic carbocycles. The van der Waals surface area contributed by atoms with Crippen LogP contribution in [-0.2, 0) is 17.9 Å². The van der Waals surface area contributed by atoms with E-state index in [1.54, 1.807) is 30.3 Å². The lowest BCUT2D eigenvalue weighted by molar-refractivity contribution is -0.123. The van der Waals surface area contributed by atoms with Crippen LogP contribution in [-0.4, -0.2) is 22.7 Å². The van der Waals surface area contributed by atoms with E-state index in [1.807, 2.05) is 43.3 Å². The standard InChI is InChI=1S/C30H23Cl2NO4S/c1-2-36-27-15-19(13-14-26(27)37-18-21-9-5-8-20-7-3-4-10-22(20)21)16-28-29(34)33(30(35)38-28)17-23-24(31)11-6-12-25(23)32/h3-16H,2,17-18H2,1H3. The van der Waals surface area contributed by atoms with Crippen LogP contribution < -0.4 is 9.47 Å². The third-order valence-electron chi connectivity index (χ3n) is 6.08. The van der Waals surface area contributed by atoms with Crippen molar-refractivity contribution in [2.24, 2.45) is 0 Å². The lowest BCUT2D eigenvalue weighted by Crippen LogP contribution is -2.27. The molecule has 0 bridgehead atoms. The fourth-order valence-electron chi connectivity index (χ4n) is 4.21. The Kier molecular flexibility index (Phi) is 7.93. The molecule has 8 heteroatoms. The molecule has 0 radical (unpaired) electrons. The van der Waals surface area contributed by atoms with Gasteiger partial charge in [0.1, 0.15) is 6.61 Å². The van der Waals surface area contributed by atoms with Crippen molar-refractivity contribution in [3.63, 3.8) is 0 Å². The average molecular weight is 564 g/mol. The lowest BCUT2D eigenvalue weighted by Gasteiger charge is -2.15. The smallest absolute Gasteiger partial charge is 0.293 e. The number of benzene rings is 4. The third kappa shape index (κ3) is 5.53. The summed E-state index contributed by atoms with van der Waals surface area (Å²) in [4.78, 5) is 27.2. The van der Waals surface area contributed by atoms with E-state index < -0.39 is 5.91 Å². The van der Waals surface area contributed by atoms with Gasteiger partial charge in [-0.1, -0.05) is 77.8 Å². The highest BCUT2D eigenvalue weighted by Gasteiger charge is 2.35. The van der Waals surface area contributed by atoms with Gasteiger partial charge in [-0.3, -0.25) is 14.5 Å². The molecule has 1 fully saturated rings. The van der Waals surface area contributed by atoms with Gasteiger partial charge in [-0.15, -0.1) is 0 Å². The number of hydrogen-bond donors (Lipinski definition) is 0. The van der Waals surface area contributed by atoms with Crippen LogP contribution in [0.4, 0.5) is 4.79 Å². The molecule has 1 saturated heterocycles. The van der Waals surface area contributed by atoms with E-state index in [9.17, 15) is 9.59 Å². The van der Waals surface area contributed by atoms with Gasteiger partial charge >= 0.3 is 0 Å². The maximum Gasteiger partial charge on any atom is 0.293 e. The lowest BCUT2D eigenvalue weighted by atomic mass is 10.1. The molecular weight excluding hydrogens is 541 g/mol. The molecule has 1 aliphatic heterocycles. The van der Waals surface area contributed by atoms with Crippen molar-refractivity contribution in [3.8, 4) is 11.5 Å². The number of halogens is 2. The monoisotopic (exact) mass is 563 g/mol. The normalized spacial score (nSPS) is 14.5. The molecule has 1 heterocycles. The molecule has 0 aromatic heterocycles. The van der Waals surface area contributed by atoms with Crippen LogP contribution in [0.15, 0.2) is 83.8 Å². The first-order chi connectivity index (χ1) is 18.4. The Hall–Kier alpha value is -3.45. The summed E-state index contributed by atoms with van der Waals surface area (Å²) >= 11 is 13.4. The largest absolute Gasteiger partial charge is 0.490 e. The van der Waals surface area contributed by atoms with Crippen LogP contribution in [0.3, 0.4) is 0 Å². The highest BCUT2D eigenvalue weighted by atomic mass is 35.5. The van der Waals surface area contributed by atoms with Crippen molar-refractivity contribution in [1.82, 2.24) is 4.90 Å². The predicted molar refractivity (Wildman–Crippen MR) is 154 cm³/mol. The molecule has 4 aromatic rings. The Balaban J connectivity index is 1.35. The summed E-state index contributed by atoms with van der Waals surface area (Å²) in [6.45, 7) is 2.73. The fourth-order valence-corrected chi connectivity index (χ4v) is 5.56. The zero-order chi connectivity index (χ0) is 26.6. The molecule has 1 aliphatic rings. The number of thioether (sulfide) groups is 1. The van der Waals surface area contributed by atoms with E-state index in [-0.39, 0.29) is 11.8 Å². The van der Waals surface area contributed by atoms with Gasteiger partial charge in [0.2, 0.25) is 0 Å². The van der Waals surface area contributed by atoms with Gasteiger partial charge in [0.25, 0.3) is 11.1 Å². The minimum absolute atomic E-state index is 0.00561. The molecule has 192 valence electrons. The van der Waals surface area contributed by atoms with E-state index in [4.69, 9.17) is 32.7 Å². The Bertz CT molecular complexity index is 1540. The first kappa shape index (κ1) is 26.2. The first-order valence-corrected chi connectivity index (χ1v) is 13.6. The molecule has 5 rings (SSSR count). The number of nitrogens with zero attached hydrogens (tertiary/aromatic N) is 1. The van der Waals surface area contributed by atoms with Gasteiger partial charge < -0.3 is 9.47 Å². The fraction of sp³-hybridized carbons (Fsp3) is 0.133. The van der Waals surface area contributed by atoms with Crippen molar-refractivity contribution in [2.45, 2.75) is 20.1 Å². The van der Waals surface area contributed by atoms with Crippen molar-refractivity contribution in [2.75, 3.05) is 6.61 Å². The van der Waals surface area contributed by atoms with Crippen LogP contribution in [0.25, 0.3) is 16.8 Å². The van der Waals surface area contributed by atoms with Crippen LogP contribution in [0.2, 0.25) is 10.0 Å². The van der Waals surface area contributed by atoms with E-state index in [2.05, 4.69) is 18.2 Å². The molecule has 0 spiro atoms. The molecule has 5 nitrogen and oxygen atoms in total. The zero-order valence-corrected chi connectivity index (χ0v) is 22.8. The minimum Gasteiger partial charge on any atom is -0.490 e. The maximum atomic E-state index is 13.1. The van der Waals surface area contributed by atoms with E-state index in [0.717, 1.165) is 33.0 Å². The molecule has 4 aromatic carbocycles. The van der Waals surface area contributed by atoms with Crippen molar-refractivity contribution in [3.05, 3.63) is 111 Å². The van der Waals surface area contributed by atoms with Gasteiger partial charge in [0.05, 0.1) is 18.1 Å². The number of fused-ring (bicyclic) bond motifs is 1. The van der Waals surface area contributed by atoms with E-state index in [1.165, 1.54) is 0 Å². The molecule has 2 amide bonds. The van der Waals surface area contributed by atoms with Crippen LogP contribution >= 0.6 is 35.0 Å². The summed E-state index contributed by atoms with van der Waals surface area (Å²) in [5.74, 6) is 0.757. The number of rotatable bonds is 8. The van der Waals surface area contributed by atoms with Gasteiger partial charge in [-0.05, 0) is 70.9 Å². The van der Waals surface area contributed by atoms with Crippen LogP contribution in [0, 0.1) is 0 Å². The summed E-state index contributed by atoms with van der Waals surface area (Å²) in [5, 5.41) is 2.72. The number of ether oxygens (including phenoxy) is 2.